The van der Waals surface area contributed by atoms with E-state index >= 15 is 0 Å². The molecule has 0 spiro atoms. The van der Waals surface area contributed by atoms with E-state index in [0.717, 1.165) is 28.7 Å². The van der Waals surface area contributed by atoms with Crippen LogP contribution in [0.25, 0.3) is 22.2 Å². The zero-order valence-electron chi connectivity index (χ0n) is 14.7. The molecule has 4 aromatic rings. The number of hydrogen-bond acceptors (Lipinski definition) is 3. The van der Waals surface area contributed by atoms with Crippen LogP contribution in [0.2, 0.25) is 10.0 Å². The van der Waals surface area contributed by atoms with Crippen molar-refractivity contribution in [1.82, 2.24) is 14.8 Å². The van der Waals surface area contributed by atoms with Crippen LogP contribution in [0.3, 0.4) is 0 Å². The monoisotopic (exact) mass is 413 g/mol. The minimum Gasteiger partial charge on any atom is -0.302 e. The Balaban J connectivity index is 1.68. The molecule has 3 nitrogen and oxygen atoms in total. The lowest BCUT2D eigenvalue weighted by molar-refractivity contribution is 0.687. The summed E-state index contributed by atoms with van der Waals surface area (Å²) in [5.74, 6) is 1.60. The normalized spacial score (nSPS) is 11.2. The topological polar surface area (TPSA) is 30.7 Å². The molecule has 0 fully saturated rings. The smallest absolute Gasteiger partial charge is 0.191 e. The summed E-state index contributed by atoms with van der Waals surface area (Å²) in [6, 6.07) is 20.2. The highest BCUT2D eigenvalue weighted by Crippen LogP contribution is 2.32. The molecule has 1 aromatic heterocycles. The van der Waals surface area contributed by atoms with Crippen molar-refractivity contribution in [2.24, 2.45) is 0 Å². The summed E-state index contributed by atoms with van der Waals surface area (Å²) in [7, 11) is 0. The van der Waals surface area contributed by atoms with Crippen molar-refractivity contribution in [2.75, 3.05) is 0 Å². The van der Waals surface area contributed by atoms with Crippen LogP contribution in [0, 0.1) is 0 Å². The Bertz CT molecular complexity index is 1100. The van der Waals surface area contributed by atoms with Gasteiger partial charge in [-0.25, -0.2) is 0 Å². The van der Waals surface area contributed by atoms with Gasteiger partial charge < -0.3 is 4.57 Å². The number of hydrogen-bond donors (Lipinski definition) is 0. The third-order valence-corrected chi connectivity index (χ3v) is 6.04. The van der Waals surface area contributed by atoms with Gasteiger partial charge in [0, 0.05) is 27.9 Å². The highest BCUT2D eigenvalue weighted by molar-refractivity contribution is 7.98. The second kappa shape index (κ2) is 7.93. The van der Waals surface area contributed by atoms with Crippen molar-refractivity contribution in [3.63, 3.8) is 0 Å². The molecular formula is C21H17Cl2N3S. The second-order valence-electron chi connectivity index (χ2n) is 6.10. The number of halogens is 2. The fraction of sp³-hybridized carbons (Fsp3) is 0.143. The molecular weight excluding hydrogens is 397 g/mol. The molecule has 0 N–H and O–H groups in total. The van der Waals surface area contributed by atoms with Crippen LogP contribution < -0.4 is 0 Å². The van der Waals surface area contributed by atoms with E-state index in [0.29, 0.717) is 15.8 Å². The summed E-state index contributed by atoms with van der Waals surface area (Å²) in [6.07, 6.45) is 0. The van der Waals surface area contributed by atoms with Gasteiger partial charge in [0.2, 0.25) is 0 Å². The van der Waals surface area contributed by atoms with E-state index in [4.69, 9.17) is 23.2 Å². The molecule has 4 rings (SSSR count). The number of rotatable bonds is 5. The molecule has 0 unspecified atom stereocenters. The summed E-state index contributed by atoms with van der Waals surface area (Å²) < 4.78 is 2.15. The lowest BCUT2D eigenvalue weighted by Gasteiger charge is -2.10. The van der Waals surface area contributed by atoms with E-state index in [9.17, 15) is 0 Å². The first-order chi connectivity index (χ1) is 13.2. The molecule has 0 bridgehead atoms. The first-order valence-electron chi connectivity index (χ1n) is 8.65. The Morgan fingerprint density at radius 1 is 0.963 bits per heavy atom. The summed E-state index contributed by atoms with van der Waals surface area (Å²) >= 11 is 13.9. The first kappa shape index (κ1) is 18.4. The third kappa shape index (κ3) is 3.70. The van der Waals surface area contributed by atoms with Crippen LogP contribution in [0.1, 0.15) is 12.5 Å². The number of benzene rings is 3. The van der Waals surface area contributed by atoms with E-state index < -0.39 is 0 Å². The van der Waals surface area contributed by atoms with Gasteiger partial charge in [0.05, 0.1) is 0 Å². The quantitative estimate of drug-likeness (QED) is 0.340. The highest BCUT2D eigenvalue weighted by atomic mass is 35.5. The predicted octanol–water partition coefficient (Wildman–Crippen LogP) is 6.72. The summed E-state index contributed by atoms with van der Waals surface area (Å²) in [5, 5.41) is 13.5. The van der Waals surface area contributed by atoms with Crippen LogP contribution in [0.4, 0.5) is 0 Å². The van der Waals surface area contributed by atoms with Crippen LogP contribution >= 0.6 is 35.0 Å². The fourth-order valence-electron chi connectivity index (χ4n) is 3.08. The van der Waals surface area contributed by atoms with Gasteiger partial charge in [-0.1, -0.05) is 83.5 Å². The largest absolute Gasteiger partial charge is 0.302 e. The van der Waals surface area contributed by atoms with Crippen LogP contribution in [-0.2, 0) is 12.3 Å². The van der Waals surface area contributed by atoms with Crippen LogP contribution in [0.15, 0.2) is 65.8 Å². The van der Waals surface area contributed by atoms with E-state index in [-0.39, 0.29) is 0 Å². The molecule has 0 aliphatic heterocycles. The van der Waals surface area contributed by atoms with Crippen molar-refractivity contribution < 1.29 is 0 Å². The van der Waals surface area contributed by atoms with Crippen molar-refractivity contribution in [2.45, 2.75) is 24.4 Å². The fourth-order valence-corrected chi connectivity index (χ4v) is 4.64. The Kier molecular flexibility index (Phi) is 5.39. The molecule has 0 saturated carbocycles. The summed E-state index contributed by atoms with van der Waals surface area (Å²) in [6.45, 7) is 2.90. The minimum atomic E-state index is 0.642. The van der Waals surface area contributed by atoms with Gasteiger partial charge in [-0.05, 0) is 35.4 Å². The predicted molar refractivity (Wildman–Crippen MR) is 115 cm³/mol. The Morgan fingerprint density at radius 2 is 1.78 bits per heavy atom. The summed E-state index contributed by atoms with van der Waals surface area (Å²) in [5.41, 5.74) is 2.13. The molecule has 6 heteroatoms. The molecule has 0 radical (unpaired) electrons. The number of aromatic nitrogens is 3. The van der Waals surface area contributed by atoms with Crippen LogP contribution in [0.5, 0.6) is 0 Å². The zero-order chi connectivity index (χ0) is 18.8. The third-order valence-electron chi connectivity index (χ3n) is 4.44. The van der Waals surface area contributed by atoms with Crippen molar-refractivity contribution >= 4 is 45.7 Å². The van der Waals surface area contributed by atoms with Gasteiger partial charge in [0.1, 0.15) is 0 Å². The molecule has 27 heavy (non-hydrogen) atoms. The Hall–Kier alpha value is -2.01. The molecule has 0 saturated heterocycles. The molecule has 0 aliphatic rings. The van der Waals surface area contributed by atoms with Gasteiger partial charge in [-0.3, -0.25) is 0 Å². The zero-order valence-corrected chi connectivity index (χ0v) is 17.0. The second-order valence-corrected chi connectivity index (χ2v) is 7.89. The molecule has 1 heterocycles. The van der Waals surface area contributed by atoms with Gasteiger partial charge in [0.15, 0.2) is 11.0 Å². The Morgan fingerprint density at radius 3 is 2.59 bits per heavy atom. The maximum Gasteiger partial charge on any atom is 0.191 e. The van der Waals surface area contributed by atoms with Gasteiger partial charge >= 0.3 is 0 Å². The molecule has 0 aliphatic carbocycles. The van der Waals surface area contributed by atoms with Crippen molar-refractivity contribution in [1.29, 1.82) is 0 Å². The van der Waals surface area contributed by atoms with Gasteiger partial charge in [-0.15, -0.1) is 10.2 Å². The Labute approximate surface area is 172 Å². The minimum absolute atomic E-state index is 0.642. The lowest BCUT2D eigenvalue weighted by Crippen LogP contribution is -2.00. The maximum absolute atomic E-state index is 6.30. The molecule has 136 valence electrons. The van der Waals surface area contributed by atoms with Gasteiger partial charge in [0.25, 0.3) is 0 Å². The maximum atomic E-state index is 6.30. The van der Waals surface area contributed by atoms with E-state index in [2.05, 4.69) is 58.1 Å². The van der Waals surface area contributed by atoms with Crippen molar-refractivity contribution in [3.8, 4) is 11.4 Å². The average Bonchev–Trinajstić information content (AvgIpc) is 3.09. The number of nitrogens with zero attached hydrogens (tertiary/aromatic N) is 3. The number of fused-ring (bicyclic) bond motifs is 1. The molecule has 0 amide bonds. The van der Waals surface area contributed by atoms with Crippen LogP contribution in [-0.4, -0.2) is 14.8 Å². The average molecular weight is 414 g/mol. The number of thioether (sulfide) groups is 1. The lowest BCUT2D eigenvalue weighted by atomic mass is 10.0. The first-order valence-corrected chi connectivity index (χ1v) is 10.4. The highest BCUT2D eigenvalue weighted by Gasteiger charge is 2.15. The van der Waals surface area contributed by atoms with Crippen molar-refractivity contribution in [3.05, 3.63) is 76.3 Å². The SMILES string of the molecule is CCn1c(SCc2ccc(Cl)cc2Cl)nnc1-c1cccc2ccccc12. The summed E-state index contributed by atoms with van der Waals surface area (Å²) in [4.78, 5) is 0. The molecule has 3 aromatic carbocycles. The van der Waals surface area contributed by atoms with E-state index in [1.54, 1.807) is 17.8 Å². The van der Waals surface area contributed by atoms with Gasteiger partial charge in [-0.2, -0.15) is 0 Å². The van der Waals surface area contributed by atoms with E-state index in [1.807, 2.05) is 18.2 Å². The standard InChI is InChI=1S/C21H17Cl2N3S/c1-2-26-20(18-9-5-7-14-6-3-4-8-17(14)18)24-25-21(26)27-13-15-10-11-16(22)12-19(15)23/h3-12H,2,13H2,1H3. The van der Waals surface area contributed by atoms with E-state index in [1.165, 1.54) is 10.8 Å². The molecule has 0 atom stereocenters.